The van der Waals surface area contributed by atoms with Gasteiger partial charge in [0.1, 0.15) is 11.6 Å². The van der Waals surface area contributed by atoms with Crippen LogP contribution in [0.5, 0.6) is 0 Å². The number of nitrogens with one attached hydrogen (secondary N) is 1. The molecule has 4 rings (SSSR count). The lowest BCUT2D eigenvalue weighted by atomic mass is 9.78. The highest BCUT2D eigenvalue weighted by molar-refractivity contribution is 5.86. The Hall–Kier alpha value is -2.99. The van der Waals surface area contributed by atoms with Crippen LogP contribution in [0.3, 0.4) is 0 Å². The molecule has 3 aromatic rings. The van der Waals surface area contributed by atoms with E-state index >= 15 is 0 Å². The minimum absolute atomic E-state index is 0.0745. The summed E-state index contributed by atoms with van der Waals surface area (Å²) in [7, 11) is 0. The summed E-state index contributed by atoms with van der Waals surface area (Å²) in [5, 5.41) is 4.00. The number of anilines is 1. The molecule has 0 spiro atoms. The second-order valence-electron chi connectivity index (χ2n) is 11.1. The van der Waals surface area contributed by atoms with E-state index in [2.05, 4.69) is 32.2 Å². The molecule has 1 atom stereocenters. The molecule has 5 nitrogen and oxygen atoms in total. The highest BCUT2D eigenvalue weighted by Crippen LogP contribution is 2.39. The first-order valence-corrected chi connectivity index (χ1v) is 13.0. The van der Waals surface area contributed by atoms with Crippen molar-refractivity contribution in [1.82, 2.24) is 10.3 Å². The number of pyridine rings is 1. The Kier molecular flexibility index (Phi) is 8.24. The molecule has 1 aliphatic rings. The van der Waals surface area contributed by atoms with Crippen molar-refractivity contribution in [1.29, 1.82) is 0 Å². The molecule has 1 aromatic heterocycles. The van der Waals surface area contributed by atoms with Crippen molar-refractivity contribution in [2.45, 2.75) is 58.8 Å². The number of benzene rings is 2. The maximum Gasteiger partial charge on any atom is 0.220 e. The first-order chi connectivity index (χ1) is 17.2. The van der Waals surface area contributed by atoms with Gasteiger partial charge in [-0.3, -0.25) is 4.79 Å². The van der Waals surface area contributed by atoms with Gasteiger partial charge in [0.05, 0.1) is 5.52 Å². The van der Waals surface area contributed by atoms with E-state index in [-0.39, 0.29) is 23.1 Å². The van der Waals surface area contributed by atoms with Gasteiger partial charge in [-0.25, -0.2) is 9.37 Å². The predicted octanol–water partition coefficient (Wildman–Crippen LogP) is 6.47. The summed E-state index contributed by atoms with van der Waals surface area (Å²) in [5.74, 6) is 0.808. The van der Waals surface area contributed by atoms with Crippen LogP contribution >= 0.6 is 0 Å². The minimum Gasteiger partial charge on any atom is -0.383 e. The fraction of sp³-hybridized carbons (Fsp3) is 0.467. The Morgan fingerprint density at radius 1 is 1.17 bits per heavy atom. The number of nitrogen functional groups attached to an aromatic ring is 1. The smallest absolute Gasteiger partial charge is 0.220 e. The number of halogens is 1. The molecule has 3 N–H and O–H groups in total. The number of carbonyl (C=O) groups is 1. The van der Waals surface area contributed by atoms with Gasteiger partial charge in [0.2, 0.25) is 5.91 Å². The number of amides is 1. The average Bonchev–Trinajstić information content (AvgIpc) is 2.84. The summed E-state index contributed by atoms with van der Waals surface area (Å²) >= 11 is 0. The molecule has 1 fully saturated rings. The number of rotatable bonds is 8. The lowest BCUT2D eigenvalue weighted by molar-refractivity contribution is -0.121. The van der Waals surface area contributed by atoms with Crippen LogP contribution in [-0.2, 0) is 9.53 Å². The van der Waals surface area contributed by atoms with E-state index in [1.165, 1.54) is 6.07 Å². The number of ether oxygens (including phenoxy) is 1. The Labute approximate surface area is 213 Å². The average molecular weight is 492 g/mol. The Balaban J connectivity index is 1.60. The SMILES string of the molecule is CC(C)(C)CCNC(=O)CCC(c1cc2cc(-c3ccccc3F)ccc2nc1N)C1CCOCC1. The van der Waals surface area contributed by atoms with Gasteiger partial charge in [0, 0.05) is 37.1 Å². The molecule has 1 saturated heterocycles. The van der Waals surface area contributed by atoms with Crippen molar-refractivity contribution in [2.75, 3.05) is 25.5 Å². The fourth-order valence-electron chi connectivity index (χ4n) is 5.08. The van der Waals surface area contributed by atoms with Gasteiger partial charge in [-0.05, 0) is 78.3 Å². The van der Waals surface area contributed by atoms with Crippen LogP contribution in [0.2, 0.25) is 0 Å². The third-order valence-electron chi connectivity index (χ3n) is 7.17. The molecule has 6 heteroatoms. The molecule has 0 aliphatic carbocycles. The molecule has 1 amide bonds. The van der Waals surface area contributed by atoms with Gasteiger partial charge < -0.3 is 15.8 Å². The highest BCUT2D eigenvalue weighted by Gasteiger charge is 2.28. The molecule has 36 heavy (non-hydrogen) atoms. The first-order valence-electron chi connectivity index (χ1n) is 13.0. The molecule has 192 valence electrons. The van der Waals surface area contributed by atoms with Crippen LogP contribution in [-0.4, -0.2) is 30.6 Å². The largest absolute Gasteiger partial charge is 0.383 e. The lowest BCUT2D eigenvalue weighted by Crippen LogP contribution is -2.29. The zero-order valence-electron chi connectivity index (χ0n) is 21.6. The summed E-state index contributed by atoms with van der Waals surface area (Å²) in [6.45, 7) is 8.64. The number of nitrogens with two attached hydrogens (primary N) is 1. The van der Waals surface area contributed by atoms with Crippen LogP contribution in [0, 0.1) is 17.2 Å². The molecule has 0 bridgehead atoms. The van der Waals surface area contributed by atoms with Gasteiger partial charge >= 0.3 is 0 Å². The van der Waals surface area contributed by atoms with Crippen LogP contribution in [0.15, 0.2) is 48.5 Å². The van der Waals surface area contributed by atoms with Crippen LogP contribution in [0.1, 0.15) is 64.4 Å². The topological polar surface area (TPSA) is 77.2 Å². The van der Waals surface area contributed by atoms with Gasteiger partial charge in [0.15, 0.2) is 0 Å². The molecule has 0 saturated carbocycles. The van der Waals surface area contributed by atoms with E-state index in [4.69, 9.17) is 15.5 Å². The minimum atomic E-state index is -0.252. The number of fused-ring (bicyclic) bond motifs is 1. The Morgan fingerprint density at radius 3 is 2.64 bits per heavy atom. The van der Waals surface area contributed by atoms with Gasteiger partial charge in [-0.1, -0.05) is 45.0 Å². The van der Waals surface area contributed by atoms with Crippen LogP contribution < -0.4 is 11.1 Å². The zero-order valence-corrected chi connectivity index (χ0v) is 21.6. The predicted molar refractivity (Wildman–Crippen MR) is 144 cm³/mol. The summed E-state index contributed by atoms with van der Waals surface area (Å²) in [4.78, 5) is 17.4. The van der Waals surface area contributed by atoms with E-state index < -0.39 is 0 Å². The van der Waals surface area contributed by atoms with E-state index in [1.807, 2.05) is 24.3 Å². The third-order valence-corrected chi connectivity index (χ3v) is 7.17. The second-order valence-corrected chi connectivity index (χ2v) is 11.1. The van der Waals surface area contributed by atoms with Crippen molar-refractivity contribution >= 4 is 22.6 Å². The molecule has 2 heterocycles. The van der Waals surface area contributed by atoms with Crippen molar-refractivity contribution in [3.05, 3.63) is 59.9 Å². The summed E-state index contributed by atoms with van der Waals surface area (Å²) in [5.41, 5.74) is 9.80. The van der Waals surface area contributed by atoms with Gasteiger partial charge in [-0.2, -0.15) is 0 Å². The van der Waals surface area contributed by atoms with E-state index in [9.17, 15) is 9.18 Å². The molecule has 0 radical (unpaired) electrons. The Bertz CT molecular complexity index is 1200. The van der Waals surface area contributed by atoms with Crippen molar-refractivity contribution in [2.24, 2.45) is 11.3 Å². The van der Waals surface area contributed by atoms with E-state index in [0.29, 0.717) is 36.7 Å². The third kappa shape index (κ3) is 6.61. The van der Waals surface area contributed by atoms with Gasteiger partial charge in [-0.15, -0.1) is 0 Å². The van der Waals surface area contributed by atoms with E-state index in [1.54, 1.807) is 12.1 Å². The molecular weight excluding hydrogens is 453 g/mol. The molecule has 1 aliphatic heterocycles. The number of hydrogen-bond acceptors (Lipinski definition) is 4. The zero-order chi connectivity index (χ0) is 25.7. The normalized spacial score (nSPS) is 15.7. The molecule has 1 unspecified atom stereocenters. The highest BCUT2D eigenvalue weighted by atomic mass is 19.1. The monoisotopic (exact) mass is 491 g/mol. The first kappa shape index (κ1) is 26.1. The number of hydrogen-bond donors (Lipinski definition) is 2. The summed E-state index contributed by atoms with van der Waals surface area (Å²) in [6, 6.07) is 14.6. The van der Waals surface area contributed by atoms with E-state index in [0.717, 1.165) is 54.5 Å². The standard InChI is InChI=1S/C30H38FN3O2/c1-30(2,3)14-15-33-28(35)11-9-23(20-12-16-36-17-13-20)25-19-22-18-21(8-10-27(22)34-29(25)32)24-6-4-5-7-26(24)31/h4-8,10,18-20,23H,9,11-17H2,1-3H3,(H2,32,34)(H,33,35). The second kappa shape index (κ2) is 11.4. The van der Waals surface area contributed by atoms with Crippen molar-refractivity contribution in [3.8, 4) is 11.1 Å². The maximum absolute atomic E-state index is 14.4. The molecule has 2 aromatic carbocycles. The Morgan fingerprint density at radius 2 is 1.92 bits per heavy atom. The number of carbonyl (C=O) groups excluding carboxylic acids is 1. The summed E-state index contributed by atoms with van der Waals surface area (Å²) < 4.78 is 20.0. The fourth-order valence-corrected chi connectivity index (χ4v) is 5.08. The van der Waals surface area contributed by atoms with Gasteiger partial charge in [0.25, 0.3) is 0 Å². The quantitative estimate of drug-likeness (QED) is 0.379. The summed E-state index contributed by atoms with van der Waals surface area (Å²) in [6.07, 6.45) is 3.95. The number of aromatic nitrogens is 1. The lowest BCUT2D eigenvalue weighted by Gasteiger charge is -2.31. The van der Waals surface area contributed by atoms with Crippen molar-refractivity contribution in [3.63, 3.8) is 0 Å². The molecular formula is C30H38FN3O2. The maximum atomic E-state index is 14.4. The van der Waals surface area contributed by atoms with Crippen LogP contribution in [0.25, 0.3) is 22.0 Å². The van der Waals surface area contributed by atoms with Crippen LogP contribution in [0.4, 0.5) is 10.2 Å². The number of nitrogens with zero attached hydrogens (tertiary/aromatic N) is 1. The van der Waals surface area contributed by atoms with Crippen molar-refractivity contribution < 1.29 is 13.9 Å².